The van der Waals surface area contributed by atoms with Crippen molar-refractivity contribution in [2.75, 3.05) is 19.7 Å². The first-order chi connectivity index (χ1) is 10.3. The van der Waals surface area contributed by atoms with E-state index in [0.717, 1.165) is 56.7 Å². The first-order valence-corrected chi connectivity index (χ1v) is 8.49. The van der Waals surface area contributed by atoms with E-state index >= 15 is 0 Å². The molecule has 5 nitrogen and oxygen atoms in total. The van der Waals surface area contributed by atoms with E-state index in [2.05, 4.69) is 22.0 Å². The van der Waals surface area contributed by atoms with Crippen LogP contribution in [-0.2, 0) is 17.7 Å². The van der Waals surface area contributed by atoms with Crippen LogP contribution in [0.4, 0.5) is 0 Å². The molecule has 0 aromatic carbocycles. The molecule has 0 radical (unpaired) electrons. The molecule has 1 saturated carbocycles. The molecule has 2 fully saturated rings. The molecule has 0 spiro atoms. The third-order valence-corrected chi connectivity index (χ3v) is 4.57. The highest BCUT2D eigenvalue weighted by Crippen LogP contribution is 2.28. The molecule has 1 aliphatic heterocycles. The minimum absolute atomic E-state index is 0.392. The van der Waals surface area contributed by atoms with Gasteiger partial charge in [-0.2, -0.15) is 4.98 Å². The molecule has 118 valence electrons. The van der Waals surface area contributed by atoms with Gasteiger partial charge >= 0.3 is 0 Å². The highest BCUT2D eigenvalue weighted by atomic mass is 16.5. The lowest BCUT2D eigenvalue weighted by molar-refractivity contribution is 0.0538. The maximum Gasteiger partial charge on any atom is 0.240 e. The molecule has 1 aromatic heterocycles. The second-order valence-electron chi connectivity index (χ2n) is 6.48. The van der Waals surface area contributed by atoms with Crippen molar-refractivity contribution in [2.45, 2.75) is 64.5 Å². The van der Waals surface area contributed by atoms with E-state index in [1.54, 1.807) is 0 Å². The molecule has 0 N–H and O–H groups in total. The average Bonchev–Trinajstić information content (AvgIpc) is 3.06. The molecule has 1 aromatic rings. The molecule has 1 atom stereocenters. The molecule has 5 heteroatoms. The lowest BCUT2D eigenvalue weighted by Gasteiger charge is -2.32. The summed E-state index contributed by atoms with van der Waals surface area (Å²) in [5, 5.41) is 4.06. The molecular weight excluding hydrogens is 266 g/mol. The summed E-state index contributed by atoms with van der Waals surface area (Å²) in [6.07, 6.45) is 8.86. The standard InChI is InChI=1S/C16H27N3O2/c1-2-5-15-17-16(21-18-15)12-19(10-13-6-3-7-13)11-14-8-4-9-20-14/h13-14H,2-12H2,1H3. The van der Waals surface area contributed by atoms with Crippen molar-refractivity contribution in [3.8, 4) is 0 Å². The molecular formula is C16H27N3O2. The Hall–Kier alpha value is -0.940. The van der Waals surface area contributed by atoms with Crippen LogP contribution in [0.25, 0.3) is 0 Å². The number of aryl methyl sites for hydroxylation is 1. The summed E-state index contributed by atoms with van der Waals surface area (Å²) >= 11 is 0. The van der Waals surface area contributed by atoms with Crippen molar-refractivity contribution in [3.05, 3.63) is 11.7 Å². The van der Waals surface area contributed by atoms with Gasteiger partial charge in [-0.05, 0) is 38.0 Å². The minimum Gasteiger partial charge on any atom is -0.377 e. The van der Waals surface area contributed by atoms with Crippen molar-refractivity contribution in [3.63, 3.8) is 0 Å². The molecule has 0 amide bonds. The number of rotatable bonds is 8. The largest absolute Gasteiger partial charge is 0.377 e. The Morgan fingerprint density at radius 2 is 2.10 bits per heavy atom. The van der Waals surface area contributed by atoms with Gasteiger partial charge in [0.25, 0.3) is 0 Å². The molecule has 0 bridgehead atoms. The SMILES string of the molecule is CCCc1noc(CN(CC2CCC2)CC2CCCO2)n1. The quantitative estimate of drug-likeness (QED) is 0.737. The number of nitrogens with zero attached hydrogens (tertiary/aromatic N) is 3. The third-order valence-electron chi connectivity index (χ3n) is 4.57. The highest BCUT2D eigenvalue weighted by Gasteiger charge is 2.25. The first-order valence-electron chi connectivity index (χ1n) is 8.49. The van der Waals surface area contributed by atoms with Crippen LogP contribution in [-0.4, -0.2) is 40.8 Å². The Bertz CT molecular complexity index is 425. The van der Waals surface area contributed by atoms with E-state index in [1.165, 1.54) is 32.1 Å². The summed E-state index contributed by atoms with van der Waals surface area (Å²) in [7, 11) is 0. The zero-order chi connectivity index (χ0) is 14.5. The molecule has 1 aliphatic carbocycles. The molecule has 2 aliphatic rings. The lowest BCUT2D eigenvalue weighted by Crippen LogP contribution is -2.37. The van der Waals surface area contributed by atoms with Gasteiger partial charge in [0.15, 0.2) is 5.82 Å². The Labute approximate surface area is 127 Å². The summed E-state index contributed by atoms with van der Waals surface area (Å²) in [5.41, 5.74) is 0. The Morgan fingerprint density at radius 3 is 2.76 bits per heavy atom. The van der Waals surface area contributed by atoms with Crippen LogP contribution in [0.2, 0.25) is 0 Å². The molecule has 1 saturated heterocycles. The highest BCUT2D eigenvalue weighted by molar-refractivity contribution is 4.88. The minimum atomic E-state index is 0.392. The van der Waals surface area contributed by atoms with Crippen molar-refractivity contribution in [2.24, 2.45) is 5.92 Å². The Balaban J connectivity index is 1.56. The van der Waals surface area contributed by atoms with Crippen molar-refractivity contribution in [1.82, 2.24) is 15.0 Å². The maximum atomic E-state index is 5.79. The van der Waals surface area contributed by atoms with Gasteiger partial charge in [0.05, 0.1) is 12.6 Å². The monoisotopic (exact) mass is 293 g/mol. The number of hydrogen-bond acceptors (Lipinski definition) is 5. The smallest absolute Gasteiger partial charge is 0.240 e. The van der Waals surface area contributed by atoms with Crippen LogP contribution in [0.1, 0.15) is 57.2 Å². The summed E-state index contributed by atoms with van der Waals surface area (Å²) in [4.78, 5) is 6.97. The van der Waals surface area contributed by atoms with Crippen molar-refractivity contribution >= 4 is 0 Å². The molecule has 1 unspecified atom stereocenters. The van der Waals surface area contributed by atoms with Crippen LogP contribution in [0, 0.1) is 5.92 Å². The summed E-state index contributed by atoms with van der Waals surface area (Å²) in [5.74, 6) is 2.45. The second kappa shape index (κ2) is 7.36. The van der Waals surface area contributed by atoms with E-state index in [0.29, 0.717) is 6.10 Å². The fraction of sp³-hybridized carbons (Fsp3) is 0.875. The first kappa shape index (κ1) is 15.0. The fourth-order valence-corrected chi connectivity index (χ4v) is 3.19. The fourth-order valence-electron chi connectivity index (χ4n) is 3.19. The zero-order valence-corrected chi connectivity index (χ0v) is 13.1. The van der Waals surface area contributed by atoms with Crippen molar-refractivity contribution in [1.29, 1.82) is 0 Å². The van der Waals surface area contributed by atoms with Gasteiger partial charge in [0.1, 0.15) is 0 Å². The van der Waals surface area contributed by atoms with E-state index < -0.39 is 0 Å². The van der Waals surface area contributed by atoms with Gasteiger partial charge in [-0.3, -0.25) is 4.90 Å². The van der Waals surface area contributed by atoms with Crippen LogP contribution in [0.15, 0.2) is 4.52 Å². The summed E-state index contributed by atoms with van der Waals surface area (Å²) in [6.45, 7) is 5.97. The molecule has 3 rings (SSSR count). The predicted molar refractivity (Wildman–Crippen MR) is 79.9 cm³/mol. The molecule has 21 heavy (non-hydrogen) atoms. The Kier molecular flexibility index (Phi) is 5.25. The van der Waals surface area contributed by atoms with Gasteiger partial charge in [0, 0.05) is 26.1 Å². The van der Waals surface area contributed by atoms with Crippen LogP contribution in [0.3, 0.4) is 0 Å². The Morgan fingerprint density at radius 1 is 1.19 bits per heavy atom. The predicted octanol–water partition coefficient (Wildman–Crippen LogP) is 2.80. The lowest BCUT2D eigenvalue weighted by atomic mass is 9.85. The maximum absolute atomic E-state index is 5.79. The number of aromatic nitrogens is 2. The summed E-state index contributed by atoms with van der Waals surface area (Å²) in [6, 6.07) is 0. The van der Waals surface area contributed by atoms with Gasteiger partial charge in [0.2, 0.25) is 5.89 Å². The second-order valence-corrected chi connectivity index (χ2v) is 6.48. The van der Waals surface area contributed by atoms with E-state index in [-0.39, 0.29) is 0 Å². The number of hydrogen-bond donors (Lipinski definition) is 0. The van der Waals surface area contributed by atoms with E-state index in [1.807, 2.05) is 0 Å². The van der Waals surface area contributed by atoms with Crippen molar-refractivity contribution < 1.29 is 9.26 Å². The van der Waals surface area contributed by atoms with Crippen LogP contribution >= 0.6 is 0 Å². The van der Waals surface area contributed by atoms with Gasteiger partial charge in [-0.25, -0.2) is 0 Å². The number of ether oxygens (including phenoxy) is 1. The third kappa shape index (κ3) is 4.27. The average molecular weight is 293 g/mol. The van der Waals surface area contributed by atoms with Gasteiger partial charge in [-0.15, -0.1) is 0 Å². The van der Waals surface area contributed by atoms with Crippen LogP contribution < -0.4 is 0 Å². The molecule has 2 heterocycles. The van der Waals surface area contributed by atoms with E-state index in [9.17, 15) is 0 Å². The normalized spacial score (nSPS) is 22.9. The summed E-state index contributed by atoms with van der Waals surface area (Å²) < 4.78 is 11.2. The van der Waals surface area contributed by atoms with Gasteiger partial charge in [-0.1, -0.05) is 18.5 Å². The van der Waals surface area contributed by atoms with Gasteiger partial charge < -0.3 is 9.26 Å². The zero-order valence-electron chi connectivity index (χ0n) is 13.1. The van der Waals surface area contributed by atoms with Crippen LogP contribution in [0.5, 0.6) is 0 Å². The van der Waals surface area contributed by atoms with E-state index in [4.69, 9.17) is 9.26 Å². The topological polar surface area (TPSA) is 51.4 Å².